The topological polar surface area (TPSA) is 9.23 Å². The average Bonchev–Trinajstić information content (AvgIpc) is 2.39. The van der Waals surface area contributed by atoms with Crippen LogP contribution in [0.5, 0.6) is 5.75 Å². The molecule has 1 aliphatic carbocycles. The third kappa shape index (κ3) is 2.66. The highest BCUT2D eigenvalue weighted by Crippen LogP contribution is 2.41. The molecule has 1 aromatic rings. The van der Waals surface area contributed by atoms with Gasteiger partial charge in [0.2, 0.25) is 0 Å². The molecule has 0 spiro atoms. The Hall–Kier alpha value is -0.690. The van der Waals surface area contributed by atoms with E-state index in [1.807, 2.05) is 0 Å². The molecule has 2 aliphatic rings. The van der Waals surface area contributed by atoms with Crippen molar-refractivity contribution in [2.24, 2.45) is 5.92 Å². The van der Waals surface area contributed by atoms with Crippen molar-refractivity contribution in [1.29, 1.82) is 0 Å². The van der Waals surface area contributed by atoms with Gasteiger partial charge in [0.25, 0.3) is 0 Å². The van der Waals surface area contributed by atoms with E-state index in [0.717, 1.165) is 18.3 Å². The van der Waals surface area contributed by atoms with Gasteiger partial charge in [0, 0.05) is 5.38 Å². The fourth-order valence-electron chi connectivity index (χ4n) is 3.50. The van der Waals surface area contributed by atoms with E-state index < -0.39 is 0 Å². The molecule has 1 saturated carbocycles. The second-order valence-corrected chi connectivity index (χ2v) is 6.35. The first-order chi connectivity index (χ1) is 8.83. The molecule has 0 aromatic heterocycles. The zero-order valence-electron chi connectivity index (χ0n) is 10.8. The van der Waals surface area contributed by atoms with Crippen LogP contribution in [-0.4, -0.2) is 12.0 Å². The van der Waals surface area contributed by atoms with Gasteiger partial charge in [-0.15, -0.1) is 11.6 Å². The molecule has 0 saturated heterocycles. The number of fused-ring (bicyclic) bond motifs is 1. The first-order valence-electron chi connectivity index (χ1n) is 7.18. The summed E-state index contributed by atoms with van der Waals surface area (Å²) in [7, 11) is 0. The second kappa shape index (κ2) is 5.52. The third-order valence-electron chi connectivity index (χ3n) is 4.42. The normalized spacial score (nSPS) is 31.5. The Morgan fingerprint density at radius 2 is 2.06 bits per heavy atom. The van der Waals surface area contributed by atoms with Crippen molar-refractivity contribution in [3.8, 4) is 5.75 Å². The molecule has 1 fully saturated rings. The summed E-state index contributed by atoms with van der Waals surface area (Å²) in [6, 6.07) is 8.54. The molecule has 3 unspecified atom stereocenters. The van der Waals surface area contributed by atoms with E-state index in [1.165, 1.54) is 44.1 Å². The number of hydrogen-bond donors (Lipinski definition) is 0. The first-order valence-corrected chi connectivity index (χ1v) is 7.62. The van der Waals surface area contributed by atoms with E-state index in [0.29, 0.717) is 11.3 Å². The van der Waals surface area contributed by atoms with Crippen molar-refractivity contribution in [3.63, 3.8) is 0 Å². The maximum atomic E-state index is 6.30. The second-order valence-electron chi connectivity index (χ2n) is 5.74. The molecular weight excluding hydrogens is 244 g/mol. The molecule has 1 heterocycles. The Labute approximate surface area is 114 Å². The number of para-hydroxylation sites is 1. The van der Waals surface area contributed by atoms with Crippen LogP contribution in [0, 0.1) is 5.92 Å². The van der Waals surface area contributed by atoms with Gasteiger partial charge in [-0.25, -0.2) is 0 Å². The summed E-state index contributed by atoms with van der Waals surface area (Å²) in [6.45, 7) is 0.874. The number of halogens is 1. The number of ether oxygens (including phenoxy) is 1. The van der Waals surface area contributed by atoms with Crippen molar-refractivity contribution < 1.29 is 4.74 Å². The lowest BCUT2D eigenvalue weighted by Gasteiger charge is -2.32. The van der Waals surface area contributed by atoms with Crippen LogP contribution in [-0.2, 0) is 0 Å². The van der Waals surface area contributed by atoms with Crippen LogP contribution in [0.2, 0.25) is 0 Å². The van der Waals surface area contributed by atoms with Gasteiger partial charge in [-0.1, -0.05) is 31.0 Å². The van der Waals surface area contributed by atoms with Gasteiger partial charge in [-0.2, -0.15) is 0 Å². The Balaban J connectivity index is 1.70. The molecule has 18 heavy (non-hydrogen) atoms. The van der Waals surface area contributed by atoms with Crippen molar-refractivity contribution in [2.75, 3.05) is 6.61 Å². The van der Waals surface area contributed by atoms with Crippen molar-refractivity contribution in [3.05, 3.63) is 29.8 Å². The van der Waals surface area contributed by atoms with Crippen LogP contribution in [0.15, 0.2) is 24.3 Å². The summed E-state index contributed by atoms with van der Waals surface area (Å²) < 4.78 is 5.74. The van der Waals surface area contributed by atoms with Gasteiger partial charge in [-0.05, 0) is 49.1 Å². The van der Waals surface area contributed by atoms with Crippen LogP contribution >= 0.6 is 11.6 Å². The maximum absolute atomic E-state index is 6.30. The fourth-order valence-corrected chi connectivity index (χ4v) is 3.91. The summed E-state index contributed by atoms with van der Waals surface area (Å²) in [5.74, 6) is 2.60. The Kier molecular flexibility index (Phi) is 3.79. The number of benzene rings is 1. The van der Waals surface area contributed by atoms with E-state index in [9.17, 15) is 0 Å². The van der Waals surface area contributed by atoms with Crippen molar-refractivity contribution in [2.45, 2.75) is 49.8 Å². The molecule has 0 N–H and O–H groups in total. The smallest absolute Gasteiger partial charge is 0.122 e. The van der Waals surface area contributed by atoms with Gasteiger partial charge in [0.05, 0.1) is 6.61 Å². The molecular formula is C16H21ClO. The molecule has 0 radical (unpaired) electrons. The predicted octanol–water partition coefficient (Wildman–Crippen LogP) is 4.74. The molecule has 2 heteroatoms. The minimum atomic E-state index is 0.416. The van der Waals surface area contributed by atoms with Gasteiger partial charge in [-0.3, -0.25) is 0 Å². The molecule has 3 rings (SSSR count). The minimum Gasteiger partial charge on any atom is -0.493 e. The largest absolute Gasteiger partial charge is 0.493 e. The zero-order valence-corrected chi connectivity index (χ0v) is 11.5. The Bertz CT molecular complexity index is 404. The van der Waals surface area contributed by atoms with E-state index in [1.54, 1.807) is 0 Å². The van der Waals surface area contributed by atoms with Crippen LogP contribution in [0.3, 0.4) is 0 Å². The highest BCUT2D eigenvalue weighted by atomic mass is 35.5. The SMILES string of the molecule is ClC1CCCC(CC2CCOc3ccccc32)C1. The summed E-state index contributed by atoms with van der Waals surface area (Å²) in [4.78, 5) is 0. The third-order valence-corrected chi connectivity index (χ3v) is 4.82. The molecule has 1 aliphatic heterocycles. The molecule has 98 valence electrons. The standard InChI is InChI=1S/C16H21ClO/c17-14-5-3-4-12(11-14)10-13-8-9-18-16-7-2-1-6-15(13)16/h1-2,6-7,12-14H,3-5,8-11H2. The average molecular weight is 265 g/mol. The van der Waals surface area contributed by atoms with Gasteiger partial charge in [0.15, 0.2) is 0 Å². The molecule has 1 aromatic carbocycles. The molecule has 0 bridgehead atoms. The minimum absolute atomic E-state index is 0.416. The summed E-state index contributed by atoms with van der Waals surface area (Å²) in [5.41, 5.74) is 1.42. The quantitative estimate of drug-likeness (QED) is 0.701. The number of rotatable bonds is 2. The van der Waals surface area contributed by atoms with Gasteiger partial charge in [0.1, 0.15) is 5.75 Å². The monoisotopic (exact) mass is 264 g/mol. The van der Waals surface area contributed by atoms with Crippen LogP contribution in [0.1, 0.15) is 50.0 Å². The zero-order chi connectivity index (χ0) is 12.4. The van der Waals surface area contributed by atoms with E-state index in [-0.39, 0.29) is 0 Å². The lowest BCUT2D eigenvalue weighted by molar-refractivity contribution is 0.238. The molecule has 3 atom stereocenters. The van der Waals surface area contributed by atoms with E-state index in [4.69, 9.17) is 16.3 Å². The Morgan fingerprint density at radius 1 is 1.17 bits per heavy atom. The highest BCUT2D eigenvalue weighted by molar-refractivity contribution is 6.20. The summed E-state index contributed by atoms with van der Waals surface area (Å²) in [5, 5.41) is 0.416. The fraction of sp³-hybridized carbons (Fsp3) is 0.625. The summed E-state index contributed by atoms with van der Waals surface area (Å²) in [6.07, 6.45) is 7.56. The van der Waals surface area contributed by atoms with E-state index in [2.05, 4.69) is 24.3 Å². The maximum Gasteiger partial charge on any atom is 0.122 e. The lowest BCUT2D eigenvalue weighted by atomic mass is 9.78. The molecule has 1 nitrogen and oxygen atoms in total. The van der Waals surface area contributed by atoms with Gasteiger partial charge < -0.3 is 4.74 Å². The predicted molar refractivity (Wildman–Crippen MR) is 75.5 cm³/mol. The lowest BCUT2D eigenvalue weighted by Crippen LogP contribution is -2.21. The van der Waals surface area contributed by atoms with Crippen LogP contribution in [0.25, 0.3) is 0 Å². The Morgan fingerprint density at radius 3 is 2.94 bits per heavy atom. The number of alkyl halides is 1. The summed E-state index contributed by atoms with van der Waals surface area (Å²) >= 11 is 6.30. The van der Waals surface area contributed by atoms with Crippen molar-refractivity contribution in [1.82, 2.24) is 0 Å². The van der Waals surface area contributed by atoms with Crippen LogP contribution in [0.4, 0.5) is 0 Å². The van der Waals surface area contributed by atoms with Crippen molar-refractivity contribution >= 4 is 11.6 Å². The molecule has 0 amide bonds. The van der Waals surface area contributed by atoms with E-state index >= 15 is 0 Å². The number of hydrogen-bond acceptors (Lipinski definition) is 1. The highest BCUT2D eigenvalue weighted by Gasteiger charge is 2.27. The van der Waals surface area contributed by atoms with Gasteiger partial charge >= 0.3 is 0 Å². The van der Waals surface area contributed by atoms with Crippen LogP contribution < -0.4 is 4.74 Å². The first kappa shape index (κ1) is 12.3.